The Bertz CT molecular complexity index is 1350. The first kappa shape index (κ1) is 22.9. The van der Waals surface area contributed by atoms with Gasteiger partial charge in [0.2, 0.25) is 5.89 Å². The van der Waals surface area contributed by atoms with Gasteiger partial charge in [0, 0.05) is 30.6 Å². The van der Waals surface area contributed by atoms with Crippen LogP contribution < -0.4 is 5.49 Å². The van der Waals surface area contributed by atoms with E-state index in [9.17, 15) is 0 Å². The molecule has 5 rings (SSSR count). The summed E-state index contributed by atoms with van der Waals surface area (Å²) in [5, 5.41) is 9.38. The topological polar surface area (TPSA) is 75.3 Å². The van der Waals surface area contributed by atoms with Crippen LogP contribution in [0, 0.1) is 10.8 Å². The van der Waals surface area contributed by atoms with Gasteiger partial charge in [-0.05, 0) is 69.1 Å². The summed E-state index contributed by atoms with van der Waals surface area (Å²) in [6.07, 6.45) is 11.1. The Hall–Kier alpha value is -2.90. The van der Waals surface area contributed by atoms with Crippen LogP contribution in [-0.4, -0.2) is 51.5 Å². The second-order valence-electron chi connectivity index (χ2n) is 9.67. The zero-order chi connectivity index (χ0) is 23.9. The number of allylic oxidation sites excluding steroid dienone is 2. The molecule has 0 aromatic carbocycles. The Morgan fingerprint density at radius 1 is 1.26 bits per heavy atom. The predicted molar refractivity (Wildman–Crippen MR) is 136 cm³/mol. The van der Waals surface area contributed by atoms with E-state index in [0.29, 0.717) is 17.9 Å². The molecule has 178 valence electrons. The highest BCUT2D eigenvalue weighted by atomic mass is 35.5. The van der Waals surface area contributed by atoms with E-state index in [2.05, 4.69) is 38.5 Å². The Kier molecular flexibility index (Phi) is 6.08. The molecule has 0 amide bonds. The standard InChI is InChI=1S/C26H31ClN6O/c1-18(29-3)33-22-13-23(25-30-8-11-34-25)32(21(22)6-7-24(33)28)17-26(2)14-19(12-20(27)15-26)16-31-9-4-5-10-31/h6-8,11-14,28H,4-5,9-10,15-17H2,1-3H3. The minimum atomic E-state index is -0.174. The molecule has 2 aliphatic rings. The van der Waals surface area contributed by atoms with E-state index in [1.807, 2.05) is 29.7 Å². The van der Waals surface area contributed by atoms with E-state index < -0.39 is 0 Å². The number of hydrogen-bond acceptors (Lipinski definition) is 5. The summed E-state index contributed by atoms with van der Waals surface area (Å²) < 4.78 is 9.84. The van der Waals surface area contributed by atoms with Crippen molar-refractivity contribution >= 4 is 28.5 Å². The second kappa shape index (κ2) is 9.04. The van der Waals surface area contributed by atoms with Gasteiger partial charge in [0.15, 0.2) is 0 Å². The van der Waals surface area contributed by atoms with Crippen LogP contribution in [-0.2, 0) is 6.54 Å². The molecule has 1 saturated heterocycles. The van der Waals surface area contributed by atoms with Crippen molar-refractivity contribution in [2.45, 2.75) is 39.7 Å². The maximum atomic E-state index is 8.49. The number of nitrogens with zero attached hydrogens (tertiary/aromatic N) is 5. The molecule has 1 atom stereocenters. The predicted octanol–water partition coefficient (Wildman–Crippen LogP) is 5.03. The highest BCUT2D eigenvalue weighted by Gasteiger charge is 2.30. The molecule has 7 nitrogen and oxygen atoms in total. The third-order valence-corrected chi connectivity index (χ3v) is 7.11. The molecule has 8 heteroatoms. The first-order chi connectivity index (χ1) is 16.4. The van der Waals surface area contributed by atoms with E-state index in [-0.39, 0.29) is 5.41 Å². The molecular formula is C26H31ClN6O. The van der Waals surface area contributed by atoms with Gasteiger partial charge in [-0.25, -0.2) is 4.98 Å². The Morgan fingerprint density at radius 3 is 2.76 bits per heavy atom. The average Bonchev–Trinajstić information content (AvgIpc) is 3.54. The first-order valence-electron chi connectivity index (χ1n) is 11.8. The third-order valence-electron chi connectivity index (χ3n) is 6.87. The number of pyridine rings is 1. The number of aliphatic imine (C=N–C) groups is 1. The van der Waals surface area contributed by atoms with Crippen LogP contribution in [0.5, 0.6) is 0 Å². The molecule has 34 heavy (non-hydrogen) atoms. The molecule has 0 spiro atoms. The van der Waals surface area contributed by atoms with Gasteiger partial charge in [-0.2, -0.15) is 0 Å². The van der Waals surface area contributed by atoms with E-state index in [4.69, 9.17) is 21.4 Å². The Morgan fingerprint density at radius 2 is 2.06 bits per heavy atom. The molecule has 3 aromatic heterocycles. The normalized spacial score (nSPS) is 21.8. The highest BCUT2D eigenvalue weighted by Crippen LogP contribution is 2.40. The van der Waals surface area contributed by atoms with E-state index in [1.54, 1.807) is 19.5 Å². The lowest BCUT2D eigenvalue weighted by Crippen LogP contribution is -2.28. The van der Waals surface area contributed by atoms with Crippen molar-refractivity contribution in [3.05, 3.63) is 58.9 Å². The van der Waals surface area contributed by atoms with Gasteiger partial charge in [0.25, 0.3) is 0 Å². The zero-order valence-corrected chi connectivity index (χ0v) is 20.8. The van der Waals surface area contributed by atoms with Gasteiger partial charge < -0.3 is 8.98 Å². The van der Waals surface area contributed by atoms with Crippen LogP contribution in [0.4, 0.5) is 0 Å². The van der Waals surface area contributed by atoms with Crippen molar-refractivity contribution in [1.29, 1.82) is 5.41 Å². The van der Waals surface area contributed by atoms with E-state index >= 15 is 0 Å². The summed E-state index contributed by atoms with van der Waals surface area (Å²) >= 11 is 6.70. The SMILES string of the molecule is CN=C(C)n1c(=N)ccc2c1cc(-c1ncco1)n2CC1(C)C=C(CN2CCCC2)C=C(Cl)C1. The van der Waals surface area contributed by atoms with Gasteiger partial charge in [0.1, 0.15) is 23.3 Å². The van der Waals surface area contributed by atoms with Gasteiger partial charge in [-0.1, -0.05) is 24.6 Å². The van der Waals surface area contributed by atoms with Gasteiger partial charge in [0.05, 0.1) is 17.2 Å². The van der Waals surface area contributed by atoms with Crippen LogP contribution in [0.15, 0.2) is 62.8 Å². The molecule has 1 fully saturated rings. The molecule has 1 unspecified atom stereocenters. The summed E-state index contributed by atoms with van der Waals surface area (Å²) in [5.41, 5.74) is 4.29. The Balaban J connectivity index is 1.61. The molecule has 0 bridgehead atoms. The number of rotatable bonds is 5. The maximum absolute atomic E-state index is 8.49. The van der Waals surface area contributed by atoms with Crippen molar-refractivity contribution in [3.8, 4) is 11.6 Å². The summed E-state index contributed by atoms with van der Waals surface area (Å²) in [7, 11) is 1.75. The molecule has 4 heterocycles. The fraction of sp³-hybridized carbons (Fsp3) is 0.423. The summed E-state index contributed by atoms with van der Waals surface area (Å²) in [6.45, 7) is 8.15. The van der Waals surface area contributed by atoms with Crippen molar-refractivity contribution in [1.82, 2.24) is 19.0 Å². The van der Waals surface area contributed by atoms with E-state index in [1.165, 1.54) is 18.4 Å². The molecule has 1 N–H and O–H groups in total. The molecule has 1 aliphatic carbocycles. The minimum absolute atomic E-state index is 0.174. The number of oxazole rings is 1. The third kappa shape index (κ3) is 4.30. The quantitative estimate of drug-likeness (QED) is 0.413. The van der Waals surface area contributed by atoms with Crippen molar-refractivity contribution < 1.29 is 4.42 Å². The fourth-order valence-corrected chi connectivity index (χ4v) is 5.79. The van der Waals surface area contributed by atoms with Crippen molar-refractivity contribution in [2.24, 2.45) is 10.4 Å². The molecular weight excluding hydrogens is 448 g/mol. The molecule has 3 aromatic rings. The second-order valence-corrected chi connectivity index (χ2v) is 10.2. The summed E-state index contributed by atoms with van der Waals surface area (Å²) in [4.78, 5) is 11.3. The molecule has 0 radical (unpaired) electrons. The smallest absolute Gasteiger partial charge is 0.243 e. The number of hydrogen-bond donors (Lipinski definition) is 1. The van der Waals surface area contributed by atoms with E-state index in [0.717, 1.165) is 53.7 Å². The monoisotopic (exact) mass is 478 g/mol. The highest BCUT2D eigenvalue weighted by molar-refractivity contribution is 6.29. The maximum Gasteiger partial charge on any atom is 0.243 e. The van der Waals surface area contributed by atoms with Crippen LogP contribution in [0.3, 0.4) is 0 Å². The van der Waals surface area contributed by atoms with Crippen LogP contribution in [0.25, 0.3) is 22.6 Å². The number of fused-ring (bicyclic) bond motifs is 1. The lowest BCUT2D eigenvalue weighted by atomic mass is 9.80. The lowest BCUT2D eigenvalue weighted by molar-refractivity contribution is 0.342. The van der Waals surface area contributed by atoms with Crippen LogP contribution in [0.1, 0.15) is 33.1 Å². The first-order valence-corrected chi connectivity index (χ1v) is 12.2. The number of aromatic nitrogens is 3. The zero-order valence-electron chi connectivity index (χ0n) is 20.0. The lowest BCUT2D eigenvalue weighted by Gasteiger charge is -2.32. The number of halogens is 1. The van der Waals surface area contributed by atoms with Gasteiger partial charge in [-0.3, -0.25) is 19.9 Å². The van der Waals surface area contributed by atoms with Crippen LogP contribution in [0.2, 0.25) is 0 Å². The molecule has 0 saturated carbocycles. The summed E-state index contributed by atoms with van der Waals surface area (Å²) in [5.74, 6) is 1.32. The average molecular weight is 479 g/mol. The van der Waals surface area contributed by atoms with Crippen molar-refractivity contribution in [2.75, 3.05) is 26.7 Å². The van der Waals surface area contributed by atoms with Gasteiger partial charge >= 0.3 is 0 Å². The van der Waals surface area contributed by atoms with Crippen LogP contribution >= 0.6 is 11.6 Å². The number of likely N-dealkylation sites (tertiary alicyclic amines) is 1. The Labute approximate surface area is 204 Å². The van der Waals surface area contributed by atoms with Crippen molar-refractivity contribution in [3.63, 3.8) is 0 Å². The number of nitrogens with one attached hydrogen (secondary N) is 1. The van der Waals surface area contributed by atoms with Gasteiger partial charge in [-0.15, -0.1) is 0 Å². The minimum Gasteiger partial charge on any atom is -0.443 e. The largest absolute Gasteiger partial charge is 0.443 e. The summed E-state index contributed by atoms with van der Waals surface area (Å²) in [6, 6.07) is 5.87. The fourth-order valence-electron chi connectivity index (χ4n) is 5.34. The molecule has 1 aliphatic heterocycles.